The minimum Gasteiger partial charge on any atom is -0.388 e. The Morgan fingerprint density at radius 1 is 1.21 bits per heavy atom. The molecule has 0 radical (unpaired) electrons. The van der Waals surface area contributed by atoms with Crippen LogP contribution in [-0.2, 0) is 4.74 Å². The molecule has 1 N–H and O–H groups in total. The Morgan fingerprint density at radius 2 is 1.96 bits per heavy atom. The molecule has 0 aliphatic carbocycles. The molecule has 6 nitrogen and oxygen atoms in total. The number of rotatable bonds is 3. The van der Waals surface area contributed by atoms with E-state index in [-0.39, 0.29) is 23.2 Å². The van der Waals surface area contributed by atoms with Crippen LogP contribution in [0.1, 0.15) is 61.5 Å². The van der Waals surface area contributed by atoms with Crippen molar-refractivity contribution < 1.29 is 19.2 Å². The fourth-order valence-electron chi connectivity index (χ4n) is 5.10. The summed E-state index contributed by atoms with van der Waals surface area (Å²) in [7, 11) is 1.72. The molecule has 5 atom stereocenters. The summed E-state index contributed by atoms with van der Waals surface area (Å²) in [6, 6.07) is 11.6. The van der Waals surface area contributed by atoms with Crippen molar-refractivity contribution in [2.75, 3.05) is 7.05 Å². The predicted molar refractivity (Wildman–Crippen MR) is 104 cm³/mol. The van der Waals surface area contributed by atoms with Crippen molar-refractivity contribution >= 4 is 5.91 Å². The molecule has 1 aromatic heterocycles. The zero-order valence-corrected chi connectivity index (χ0v) is 16.7. The van der Waals surface area contributed by atoms with Gasteiger partial charge in [0.1, 0.15) is 12.4 Å². The van der Waals surface area contributed by atoms with Crippen LogP contribution < -0.4 is 0 Å². The Balaban J connectivity index is 1.62. The highest BCUT2D eigenvalue weighted by molar-refractivity contribution is 5.92. The molecule has 1 aromatic carbocycles. The Morgan fingerprint density at radius 3 is 2.64 bits per heavy atom. The number of hydrogen-bond donors (Lipinski definition) is 1. The SMILES string of the molecule is CN(C(=O)c1ccon1)[C@H]1CC[C@@]2(C)C[C@H](c3ccccc3)C[C@](C)(O2)[C@@H]1O. The van der Waals surface area contributed by atoms with E-state index in [0.717, 1.165) is 19.3 Å². The molecular weight excluding hydrogens is 356 g/mol. The Kier molecular flexibility index (Phi) is 4.79. The van der Waals surface area contributed by atoms with Crippen LogP contribution in [0.25, 0.3) is 0 Å². The molecule has 2 fully saturated rings. The highest BCUT2D eigenvalue weighted by Crippen LogP contribution is 2.50. The number of benzene rings is 1. The molecule has 150 valence electrons. The van der Waals surface area contributed by atoms with E-state index in [2.05, 4.69) is 36.3 Å². The van der Waals surface area contributed by atoms with E-state index in [0.29, 0.717) is 12.3 Å². The maximum atomic E-state index is 12.8. The number of carbonyl (C=O) groups excluding carboxylic acids is 1. The highest BCUT2D eigenvalue weighted by atomic mass is 16.5. The summed E-state index contributed by atoms with van der Waals surface area (Å²) < 4.78 is 11.3. The molecule has 2 aromatic rings. The monoisotopic (exact) mass is 384 g/mol. The molecule has 28 heavy (non-hydrogen) atoms. The van der Waals surface area contributed by atoms with Crippen molar-refractivity contribution in [3.05, 3.63) is 53.9 Å². The fraction of sp³-hybridized carbons (Fsp3) is 0.545. The van der Waals surface area contributed by atoms with E-state index in [9.17, 15) is 9.90 Å². The van der Waals surface area contributed by atoms with Gasteiger partial charge in [-0.1, -0.05) is 35.5 Å². The maximum Gasteiger partial charge on any atom is 0.276 e. The van der Waals surface area contributed by atoms with Gasteiger partial charge in [-0.3, -0.25) is 4.79 Å². The van der Waals surface area contributed by atoms with Crippen LogP contribution in [0.4, 0.5) is 0 Å². The van der Waals surface area contributed by atoms with Crippen molar-refractivity contribution in [1.82, 2.24) is 10.1 Å². The lowest BCUT2D eigenvalue weighted by Crippen LogP contribution is -2.57. The van der Waals surface area contributed by atoms with E-state index < -0.39 is 11.7 Å². The largest absolute Gasteiger partial charge is 0.388 e. The average Bonchev–Trinajstić information content (AvgIpc) is 3.19. The normalized spacial score (nSPS) is 35.2. The second kappa shape index (κ2) is 7.01. The van der Waals surface area contributed by atoms with Gasteiger partial charge in [-0.15, -0.1) is 0 Å². The molecule has 0 saturated carbocycles. The van der Waals surface area contributed by atoms with Crippen LogP contribution in [-0.4, -0.2) is 51.5 Å². The van der Waals surface area contributed by atoms with Gasteiger partial charge in [0, 0.05) is 13.1 Å². The Bertz CT molecular complexity index is 824. The summed E-state index contributed by atoms with van der Waals surface area (Å²) in [6.07, 6.45) is 3.68. The first-order valence-corrected chi connectivity index (χ1v) is 9.92. The number of hydrogen-bond acceptors (Lipinski definition) is 5. The van der Waals surface area contributed by atoms with E-state index >= 15 is 0 Å². The lowest BCUT2D eigenvalue weighted by Gasteiger charge is -2.49. The molecular formula is C22H28N2O4. The van der Waals surface area contributed by atoms with Gasteiger partial charge in [-0.2, -0.15) is 0 Å². The number of nitrogens with zero attached hydrogens (tertiary/aromatic N) is 2. The van der Waals surface area contributed by atoms with Crippen LogP contribution >= 0.6 is 0 Å². The lowest BCUT2D eigenvalue weighted by atomic mass is 9.74. The first-order chi connectivity index (χ1) is 13.3. The number of aliphatic hydroxyl groups is 1. The summed E-state index contributed by atoms with van der Waals surface area (Å²) in [5.41, 5.74) is 0.468. The van der Waals surface area contributed by atoms with Gasteiger partial charge in [-0.05, 0) is 51.0 Å². The summed E-state index contributed by atoms with van der Waals surface area (Å²) in [4.78, 5) is 14.4. The number of amides is 1. The molecule has 0 spiro atoms. The molecule has 2 aliphatic rings. The van der Waals surface area contributed by atoms with Crippen LogP contribution in [0.3, 0.4) is 0 Å². The van der Waals surface area contributed by atoms with Gasteiger partial charge >= 0.3 is 0 Å². The lowest BCUT2D eigenvalue weighted by molar-refractivity contribution is -0.214. The standard InChI is InChI=1S/C22H28N2O4/c1-21-11-9-18(24(3)20(26)17-10-12-27-23-17)19(25)22(2,28-21)14-16(13-21)15-7-5-4-6-8-15/h4-8,10,12,16,18-19,25H,9,11,13-14H2,1-3H3/t16-,18-,19+,21-,22-/m0/s1. The summed E-state index contributed by atoms with van der Waals surface area (Å²) in [6.45, 7) is 4.12. The summed E-state index contributed by atoms with van der Waals surface area (Å²) >= 11 is 0. The number of carbonyl (C=O) groups is 1. The van der Waals surface area contributed by atoms with Crippen LogP contribution in [0.2, 0.25) is 0 Å². The van der Waals surface area contributed by atoms with E-state index in [1.807, 2.05) is 13.0 Å². The number of aliphatic hydroxyl groups excluding tert-OH is 1. The third kappa shape index (κ3) is 3.35. The number of aromatic nitrogens is 1. The minimum absolute atomic E-state index is 0.248. The van der Waals surface area contributed by atoms with E-state index in [4.69, 9.17) is 9.26 Å². The topological polar surface area (TPSA) is 75.8 Å². The molecule has 2 saturated heterocycles. The van der Waals surface area contributed by atoms with Crippen molar-refractivity contribution in [3.63, 3.8) is 0 Å². The van der Waals surface area contributed by atoms with E-state index in [1.54, 1.807) is 18.0 Å². The molecule has 2 bridgehead atoms. The van der Waals surface area contributed by atoms with Gasteiger partial charge in [-0.25, -0.2) is 0 Å². The fourth-order valence-corrected chi connectivity index (χ4v) is 5.10. The molecule has 4 rings (SSSR count). The van der Waals surface area contributed by atoms with Gasteiger partial charge in [0.2, 0.25) is 0 Å². The van der Waals surface area contributed by atoms with Crippen LogP contribution in [0.5, 0.6) is 0 Å². The third-order valence-corrected chi connectivity index (χ3v) is 6.51. The Labute approximate surface area is 165 Å². The van der Waals surface area contributed by atoms with Gasteiger partial charge in [0.15, 0.2) is 5.69 Å². The highest BCUT2D eigenvalue weighted by Gasteiger charge is 2.54. The minimum atomic E-state index is -0.790. The first-order valence-electron chi connectivity index (χ1n) is 9.92. The van der Waals surface area contributed by atoms with Gasteiger partial charge in [0.25, 0.3) is 5.91 Å². The molecule has 0 unspecified atom stereocenters. The molecule has 2 aliphatic heterocycles. The summed E-state index contributed by atoms with van der Waals surface area (Å²) in [5, 5.41) is 15.1. The molecule has 1 amide bonds. The Hall–Kier alpha value is -2.18. The van der Waals surface area contributed by atoms with Gasteiger partial charge < -0.3 is 19.3 Å². The third-order valence-electron chi connectivity index (χ3n) is 6.51. The van der Waals surface area contributed by atoms with Crippen LogP contribution in [0.15, 0.2) is 47.2 Å². The second-order valence-corrected chi connectivity index (χ2v) is 8.73. The smallest absolute Gasteiger partial charge is 0.276 e. The summed E-state index contributed by atoms with van der Waals surface area (Å²) in [5.74, 6) is 0.0671. The van der Waals surface area contributed by atoms with Crippen molar-refractivity contribution in [2.45, 2.75) is 68.8 Å². The van der Waals surface area contributed by atoms with Crippen molar-refractivity contribution in [3.8, 4) is 0 Å². The number of ether oxygens (including phenoxy) is 1. The quantitative estimate of drug-likeness (QED) is 0.878. The maximum absolute atomic E-state index is 12.8. The first kappa shape index (κ1) is 19.2. The van der Waals surface area contributed by atoms with Gasteiger partial charge in [0.05, 0.1) is 17.2 Å². The van der Waals surface area contributed by atoms with E-state index in [1.165, 1.54) is 11.8 Å². The molecule has 6 heteroatoms. The zero-order chi connectivity index (χ0) is 19.9. The van der Waals surface area contributed by atoms with Crippen LogP contribution in [0, 0.1) is 0 Å². The van der Waals surface area contributed by atoms with Crippen molar-refractivity contribution in [2.24, 2.45) is 0 Å². The zero-order valence-electron chi connectivity index (χ0n) is 16.7. The number of likely N-dealkylation sites (N-methyl/N-ethyl adjacent to an activating group) is 1. The van der Waals surface area contributed by atoms with Crippen molar-refractivity contribution in [1.29, 1.82) is 0 Å². The second-order valence-electron chi connectivity index (χ2n) is 8.73. The average molecular weight is 384 g/mol. The molecule has 3 heterocycles. The number of fused-ring (bicyclic) bond motifs is 2. The predicted octanol–water partition coefficient (Wildman–Crippen LogP) is 3.38.